The van der Waals surface area contributed by atoms with Crippen molar-refractivity contribution in [3.8, 4) is 0 Å². The Morgan fingerprint density at radius 1 is 0.923 bits per heavy atom. The highest BCUT2D eigenvalue weighted by molar-refractivity contribution is 4.35. The lowest BCUT2D eigenvalue weighted by atomic mass is 10.6. The predicted molar refractivity (Wildman–Crippen MR) is 54.8 cm³/mol. The molecule has 5 heteroatoms. The Morgan fingerprint density at radius 3 is 1.31 bits per heavy atom. The largest absolute Gasteiger partial charge is 0.412 e. The molecule has 0 aliphatic rings. The maximum absolute atomic E-state index is 8.13. The molecule has 0 aliphatic heterocycles. The lowest BCUT2D eigenvalue weighted by Gasteiger charge is -1.91. The van der Waals surface area contributed by atoms with Crippen molar-refractivity contribution in [1.29, 1.82) is 0 Å². The highest BCUT2D eigenvalue weighted by atomic mass is 16.3. The fourth-order valence-electron chi connectivity index (χ4n) is 0.256. The molecular formula is C8H25NO4. The van der Waals surface area contributed by atoms with E-state index in [9.17, 15) is 0 Å². The van der Waals surface area contributed by atoms with Crippen LogP contribution in [0.1, 0.15) is 20.8 Å². The third-order valence-corrected chi connectivity index (χ3v) is 0.539. The van der Waals surface area contributed by atoms with Crippen LogP contribution in [0.4, 0.5) is 0 Å². The van der Waals surface area contributed by atoms with Crippen molar-refractivity contribution in [3.63, 3.8) is 0 Å². The molecule has 0 amide bonds. The molecule has 0 aromatic heterocycles. The van der Waals surface area contributed by atoms with Crippen LogP contribution in [0.25, 0.3) is 0 Å². The van der Waals surface area contributed by atoms with Crippen molar-refractivity contribution >= 4 is 0 Å². The van der Waals surface area contributed by atoms with E-state index in [-0.39, 0.29) is 25.3 Å². The van der Waals surface area contributed by atoms with E-state index in [1.54, 1.807) is 13.8 Å². The SMILES string of the molecule is CCNCCO.CCO.CCO.O. The number of likely N-dealkylation sites (N-methyl/N-ethyl adjacent to an activating group) is 1. The Hall–Kier alpha value is -0.200. The molecule has 0 aromatic rings. The third-order valence-electron chi connectivity index (χ3n) is 0.539. The van der Waals surface area contributed by atoms with Crippen LogP contribution in [-0.4, -0.2) is 53.7 Å². The summed E-state index contributed by atoms with van der Waals surface area (Å²) in [6.45, 7) is 7.78. The van der Waals surface area contributed by atoms with Crippen LogP contribution in [-0.2, 0) is 0 Å². The molecule has 0 saturated heterocycles. The quantitative estimate of drug-likeness (QED) is 0.427. The van der Waals surface area contributed by atoms with Gasteiger partial charge in [-0.15, -0.1) is 0 Å². The van der Waals surface area contributed by atoms with Crippen molar-refractivity contribution < 1.29 is 20.8 Å². The summed E-state index contributed by atoms with van der Waals surface area (Å²) in [4.78, 5) is 0. The molecule has 5 nitrogen and oxygen atoms in total. The minimum absolute atomic E-state index is 0. The Bertz CT molecular complexity index is 41.1. The topological polar surface area (TPSA) is 104 Å². The van der Waals surface area contributed by atoms with Gasteiger partial charge in [-0.3, -0.25) is 0 Å². The fraction of sp³-hybridized carbons (Fsp3) is 1.00. The first-order valence-electron chi connectivity index (χ1n) is 4.28. The summed E-state index contributed by atoms with van der Waals surface area (Å²) in [5.41, 5.74) is 0. The van der Waals surface area contributed by atoms with Crippen LogP contribution in [0.2, 0.25) is 0 Å². The average molecular weight is 199 g/mol. The molecule has 0 aliphatic carbocycles. The number of nitrogens with one attached hydrogen (secondary N) is 1. The number of rotatable bonds is 3. The smallest absolute Gasteiger partial charge is 0.0555 e. The molecule has 0 fully saturated rings. The zero-order valence-corrected chi connectivity index (χ0v) is 8.88. The van der Waals surface area contributed by atoms with E-state index in [1.165, 1.54) is 0 Å². The van der Waals surface area contributed by atoms with Gasteiger partial charge in [0, 0.05) is 19.8 Å². The Balaban J connectivity index is -0.0000000501. The van der Waals surface area contributed by atoms with Crippen LogP contribution < -0.4 is 5.32 Å². The molecular weight excluding hydrogens is 174 g/mol. The van der Waals surface area contributed by atoms with Gasteiger partial charge in [0.2, 0.25) is 0 Å². The Kier molecular flexibility index (Phi) is 72.4. The second-order valence-corrected chi connectivity index (χ2v) is 1.71. The van der Waals surface area contributed by atoms with Gasteiger partial charge in [-0.25, -0.2) is 0 Å². The molecule has 0 aromatic carbocycles. The summed E-state index contributed by atoms with van der Waals surface area (Å²) in [5, 5.41) is 26.2. The minimum Gasteiger partial charge on any atom is -0.412 e. The second kappa shape index (κ2) is 40.9. The molecule has 0 bridgehead atoms. The van der Waals surface area contributed by atoms with Crippen molar-refractivity contribution in [2.24, 2.45) is 0 Å². The van der Waals surface area contributed by atoms with Gasteiger partial charge in [-0.1, -0.05) is 6.92 Å². The molecule has 6 N–H and O–H groups in total. The van der Waals surface area contributed by atoms with E-state index in [1.807, 2.05) is 6.92 Å². The molecule has 86 valence electrons. The summed E-state index contributed by atoms with van der Waals surface area (Å²) in [7, 11) is 0. The van der Waals surface area contributed by atoms with Gasteiger partial charge in [-0.05, 0) is 20.4 Å². The van der Waals surface area contributed by atoms with Gasteiger partial charge >= 0.3 is 0 Å². The highest BCUT2D eigenvalue weighted by Crippen LogP contribution is 1.51. The van der Waals surface area contributed by atoms with Gasteiger partial charge < -0.3 is 26.1 Å². The van der Waals surface area contributed by atoms with Gasteiger partial charge in [0.25, 0.3) is 0 Å². The zero-order chi connectivity index (χ0) is 10.2. The van der Waals surface area contributed by atoms with Crippen molar-refractivity contribution in [2.45, 2.75) is 20.8 Å². The third kappa shape index (κ3) is 145. The van der Waals surface area contributed by atoms with Crippen LogP contribution in [0.15, 0.2) is 0 Å². The molecule has 0 atom stereocenters. The molecule has 0 unspecified atom stereocenters. The van der Waals surface area contributed by atoms with E-state index in [4.69, 9.17) is 15.3 Å². The van der Waals surface area contributed by atoms with Gasteiger partial charge in [0.15, 0.2) is 0 Å². The van der Waals surface area contributed by atoms with Crippen LogP contribution in [0.5, 0.6) is 0 Å². The van der Waals surface area contributed by atoms with E-state index in [0.29, 0.717) is 0 Å². The maximum atomic E-state index is 8.13. The fourth-order valence-corrected chi connectivity index (χ4v) is 0.256. The van der Waals surface area contributed by atoms with E-state index >= 15 is 0 Å². The molecule has 0 saturated carbocycles. The number of aliphatic hydroxyl groups excluding tert-OH is 3. The summed E-state index contributed by atoms with van der Waals surface area (Å²) in [5.74, 6) is 0. The first kappa shape index (κ1) is 23.0. The standard InChI is InChI=1S/C4H11NO.2C2H6O.H2O/c1-2-5-3-4-6;2*1-2-3;/h5-6H,2-4H2,1H3;2*3H,2H2,1H3;1H2. The second-order valence-electron chi connectivity index (χ2n) is 1.71. The average Bonchev–Trinajstić information content (AvgIpc) is 2.04. The van der Waals surface area contributed by atoms with Crippen LogP contribution >= 0.6 is 0 Å². The van der Waals surface area contributed by atoms with Crippen molar-refractivity contribution in [2.75, 3.05) is 32.9 Å². The van der Waals surface area contributed by atoms with E-state index < -0.39 is 0 Å². The normalized spacial score (nSPS) is 6.92. The maximum Gasteiger partial charge on any atom is 0.0555 e. The Labute approximate surface area is 80.7 Å². The van der Waals surface area contributed by atoms with Gasteiger partial charge in [-0.2, -0.15) is 0 Å². The molecule has 0 spiro atoms. The number of hydrogen-bond donors (Lipinski definition) is 4. The van der Waals surface area contributed by atoms with Crippen LogP contribution in [0, 0.1) is 0 Å². The van der Waals surface area contributed by atoms with Crippen molar-refractivity contribution in [1.82, 2.24) is 5.32 Å². The molecule has 13 heavy (non-hydrogen) atoms. The van der Waals surface area contributed by atoms with Crippen molar-refractivity contribution in [3.05, 3.63) is 0 Å². The van der Waals surface area contributed by atoms with Crippen LogP contribution in [0.3, 0.4) is 0 Å². The zero-order valence-electron chi connectivity index (χ0n) is 8.88. The van der Waals surface area contributed by atoms with Gasteiger partial charge in [0.1, 0.15) is 0 Å². The molecule has 0 rings (SSSR count). The van der Waals surface area contributed by atoms with Gasteiger partial charge in [0.05, 0.1) is 6.61 Å². The summed E-state index contributed by atoms with van der Waals surface area (Å²) in [6, 6.07) is 0. The molecule has 0 radical (unpaired) electrons. The lowest BCUT2D eigenvalue weighted by Crippen LogP contribution is -2.16. The summed E-state index contributed by atoms with van der Waals surface area (Å²) in [6.07, 6.45) is 0. The number of hydrogen-bond acceptors (Lipinski definition) is 4. The first-order valence-corrected chi connectivity index (χ1v) is 4.28. The van der Waals surface area contributed by atoms with E-state index in [0.717, 1.165) is 13.1 Å². The monoisotopic (exact) mass is 199 g/mol. The first-order chi connectivity index (χ1) is 5.74. The Morgan fingerprint density at radius 2 is 1.23 bits per heavy atom. The number of aliphatic hydroxyl groups is 3. The summed E-state index contributed by atoms with van der Waals surface area (Å²) >= 11 is 0. The lowest BCUT2D eigenvalue weighted by molar-refractivity contribution is 0.293. The minimum atomic E-state index is 0. The summed E-state index contributed by atoms with van der Waals surface area (Å²) < 4.78 is 0. The molecule has 0 heterocycles. The highest BCUT2D eigenvalue weighted by Gasteiger charge is 1.72. The van der Waals surface area contributed by atoms with E-state index in [2.05, 4.69) is 5.32 Å². The predicted octanol–water partition coefficient (Wildman–Crippen LogP) is -1.24.